The van der Waals surface area contributed by atoms with Crippen LogP contribution in [0.4, 0.5) is 16.2 Å². The number of benzene rings is 1. The molecule has 0 saturated carbocycles. The lowest BCUT2D eigenvalue weighted by Gasteiger charge is -2.20. The van der Waals surface area contributed by atoms with Crippen molar-refractivity contribution in [3.63, 3.8) is 0 Å². The third kappa shape index (κ3) is 7.11. The third-order valence-electron chi connectivity index (χ3n) is 8.79. The summed E-state index contributed by atoms with van der Waals surface area (Å²) in [6.07, 6.45) is 6.95. The van der Waals surface area contributed by atoms with Crippen molar-refractivity contribution in [3.05, 3.63) is 55.0 Å². The van der Waals surface area contributed by atoms with Gasteiger partial charge in [0.2, 0.25) is 16.8 Å². The zero-order valence-electron chi connectivity index (χ0n) is 26.4. The van der Waals surface area contributed by atoms with Gasteiger partial charge in [-0.05, 0) is 37.8 Å². The highest BCUT2D eigenvalue weighted by atomic mass is 32.2. The molecule has 2 saturated heterocycles. The number of amides is 3. The van der Waals surface area contributed by atoms with Gasteiger partial charge >= 0.3 is 12.0 Å². The fraction of sp³-hybridized carbons (Fsp3) is 0.531. The maximum Gasteiger partial charge on any atom is 0.338 e. The number of fused-ring (bicyclic) bond motifs is 2. The van der Waals surface area contributed by atoms with Crippen LogP contribution in [0.1, 0.15) is 61.7 Å². The Kier molecular flexibility index (Phi) is 10.4. The first-order valence-electron chi connectivity index (χ1n) is 15.8. The van der Waals surface area contributed by atoms with Gasteiger partial charge in [0.1, 0.15) is 11.0 Å². The summed E-state index contributed by atoms with van der Waals surface area (Å²) in [4.78, 5) is 67.3. The molecular formula is C32H42N6O7S. The molecule has 1 unspecified atom stereocenters. The SMILES string of the molecule is CN(C)c1ccc2[nH]c3c(C(=O)O)cc(=O)c(=O)c=3oc2c1NCCCCCCNC(=O)CCCC[C@H]1SCC2[C@H]1NC(=O)N2C. The molecule has 1 aromatic carbocycles. The van der Waals surface area contributed by atoms with Gasteiger partial charge in [0.05, 0.1) is 28.9 Å². The molecule has 2 fully saturated rings. The van der Waals surface area contributed by atoms with Crippen LogP contribution in [0.5, 0.6) is 0 Å². The van der Waals surface area contributed by atoms with Gasteiger partial charge < -0.3 is 40.3 Å². The molecule has 0 spiro atoms. The smallest absolute Gasteiger partial charge is 0.338 e. The third-order valence-corrected chi connectivity index (χ3v) is 10.3. The number of anilines is 2. The molecule has 4 aliphatic rings. The number of thioether (sulfide) groups is 1. The maximum atomic E-state index is 12.6. The number of nitrogens with zero attached hydrogens (tertiary/aromatic N) is 2. The summed E-state index contributed by atoms with van der Waals surface area (Å²) in [5, 5.41) is 19.5. The number of carbonyl (C=O) groups excluding carboxylic acids is 2. The number of hydrogen-bond donors (Lipinski definition) is 5. The lowest BCUT2D eigenvalue weighted by molar-refractivity contribution is -0.121. The van der Waals surface area contributed by atoms with Crippen LogP contribution in [0, 0.1) is 10.8 Å². The van der Waals surface area contributed by atoms with E-state index in [1.165, 1.54) is 0 Å². The van der Waals surface area contributed by atoms with Crippen LogP contribution in [0.2, 0.25) is 0 Å². The van der Waals surface area contributed by atoms with E-state index in [1.807, 2.05) is 48.8 Å². The second-order valence-electron chi connectivity index (χ2n) is 12.2. The number of nitrogens with one attached hydrogen (secondary N) is 4. The monoisotopic (exact) mass is 654 g/mol. The van der Waals surface area contributed by atoms with Crippen molar-refractivity contribution in [1.82, 2.24) is 20.5 Å². The summed E-state index contributed by atoms with van der Waals surface area (Å²) >= 11 is 1.92. The second-order valence-corrected chi connectivity index (χ2v) is 13.5. The molecule has 13 nitrogen and oxygen atoms in total. The van der Waals surface area contributed by atoms with Crippen molar-refractivity contribution in [2.24, 2.45) is 0 Å². The van der Waals surface area contributed by atoms with E-state index >= 15 is 0 Å². The number of carboxylic acid groups (broad SMARTS) is 1. The van der Waals surface area contributed by atoms with Crippen molar-refractivity contribution in [3.8, 4) is 0 Å². The second kappa shape index (κ2) is 14.5. The van der Waals surface area contributed by atoms with Crippen molar-refractivity contribution in [1.29, 1.82) is 0 Å². The summed E-state index contributed by atoms with van der Waals surface area (Å²) in [6, 6.07) is 4.94. The molecule has 3 atom stereocenters. The van der Waals surface area contributed by atoms with Gasteiger partial charge in [0, 0.05) is 57.7 Å². The molecule has 46 heavy (non-hydrogen) atoms. The van der Waals surface area contributed by atoms with Crippen LogP contribution in [0.25, 0.3) is 11.1 Å². The average Bonchev–Trinajstić information content (AvgIpc) is 3.55. The number of likely N-dealkylation sites (N-methyl/N-ethyl adjacent to an activating group) is 1. The van der Waals surface area contributed by atoms with Gasteiger partial charge in [0.15, 0.2) is 5.58 Å². The Morgan fingerprint density at radius 2 is 1.85 bits per heavy atom. The average molecular weight is 655 g/mol. The summed E-state index contributed by atoms with van der Waals surface area (Å²) < 4.78 is 5.93. The maximum absolute atomic E-state index is 12.6. The largest absolute Gasteiger partial charge is 0.478 e. The molecule has 0 aromatic heterocycles. The first-order chi connectivity index (χ1) is 22.1. The summed E-state index contributed by atoms with van der Waals surface area (Å²) in [5.74, 6) is -0.288. The van der Waals surface area contributed by atoms with E-state index in [-0.39, 0.29) is 40.3 Å². The minimum Gasteiger partial charge on any atom is -0.478 e. The van der Waals surface area contributed by atoms with E-state index in [1.54, 1.807) is 6.07 Å². The van der Waals surface area contributed by atoms with Crippen molar-refractivity contribution >= 4 is 52.1 Å². The van der Waals surface area contributed by atoms with Gasteiger partial charge in [-0.25, -0.2) is 9.59 Å². The summed E-state index contributed by atoms with van der Waals surface area (Å²) in [5.41, 5.74) is -0.242. The van der Waals surface area contributed by atoms with E-state index in [4.69, 9.17) is 4.42 Å². The molecule has 1 aromatic rings. The van der Waals surface area contributed by atoms with E-state index in [2.05, 4.69) is 20.9 Å². The van der Waals surface area contributed by atoms with Gasteiger partial charge in [-0.15, -0.1) is 0 Å². The van der Waals surface area contributed by atoms with E-state index < -0.39 is 16.8 Å². The normalized spacial score (nSPS) is 19.0. The number of carbonyl (C=O) groups is 3. The number of urea groups is 1. The van der Waals surface area contributed by atoms with Gasteiger partial charge in [-0.3, -0.25) is 14.4 Å². The van der Waals surface area contributed by atoms with Crippen molar-refractivity contribution < 1.29 is 23.9 Å². The number of aromatic carboxylic acids is 1. The number of H-pyrrole nitrogens is 1. The van der Waals surface area contributed by atoms with Gasteiger partial charge in [-0.1, -0.05) is 19.3 Å². The molecular weight excluding hydrogens is 612 g/mol. The highest BCUT2D eigenvalue weighted by Gasteiger charge is 2.46. The standard InChI is InChI=1S/C32H42N6O7S/c1-37(2)20-13-12-19-29(45-30-25(35-19)18(31(42)43)16-22(39)28(30)41)27(20)34-15-9-5-4-8-14-33-24(40)11-7-6-10-23-26-21(17-46-23)38(3)32(44)36-26/h12-13,16,21,23,26,34-35H,4-11,14-15,17H2,1-3H3,(H,33,40)(H,36,44)(H,42,43)/t21?,23-,26-/m1/s1. The number of rotatable bonds is 15. The van der Waals surface area contributed by atoms with Crippen LogP contribution < -0.4 is 31.7 Å². The van der Waals surface area contributed by atoms with E-state index in [9.17, 15) is 29.1 Å². The molecule has 14 heteroatoms. The molecule has 248 valence electrons. The van der Waals surface area contributed by atoms with Crippen LogP contribution >= 0.6 is 11.8 Å². The number of hydrogen-bond acceptors (Lipinski definition) is 9. The van der Waals surface area contributed by atoms with Crippen molar-refractivity contribution in [2.75, 3.05) is 50.2 Å². The number of carboxylic acids is 1. The van der Waals surface area contributed by atoms with Crippen LogP contribution in [0.15, 0.2) is 32.2 Å². The first kappa shape index (κ1) is 33.2. The predicted molar refractivity (Wildman–Crippen MR) is 178 cm³/mol. The molecule has 5 rings (SSSR count). The van der Waals surface area contributed by atoms with Gasteiger partial charge in [-0.2, -0.15) is 11.8 Å². The zero-order chi connectivity index (χ0) is 33.0. The number of aromatic amines is 1. The fourth-order valence-corrected chi connectivity index (χ4v) is 7.87. The molecule has 5 N–H and O–H groups in total. The number of aromatic nitrogens is 1. The fourth-order valence-electron chi connectivity index (χ4n) is 6.20. The Hall–Kier alpha value is -4.20. The Morgan fingerprint density at radius 1 is 1.09 bits per heavy atom. The Balaban J connectivity index is 1.05. The molecule has 0 radical (unpaired) electrons. The molecule has 3 heterocycles. The number of unbranched alkanes of at least 4 members (excludes halogenated alkanes) is 4. The molecule has 1 aliphatic carbocycles. The summed E-state index contributed by atoms with van der Waals surface area (Å²) in [7, 11) is 5.61. The Bertz CT molecular complexity index is 1790. The van der Waals surface area contributed by atoms with Crippen LogP contribution in [0.3, 0.4) is 0 Å². The molecule has 3 aliphatic heterocycles. The quantitative estimate of drug-likeness (QED) is 0.0930. The highest BCUT2D eigenvalue weighted by Crippen LogP contribution is 2.36. The van der Waals surface area contributed by atoms with Crippen molar-refractivity contribution in [2.45, 2.75) is 68.7 Å². The summed E-state index contributed by atoms with van der Waals surface area (Å²) in [6.45, 7) is 1.26. The first-order valence-corrected chi connectivity index (χ1v) is 16.8. The van der Waals surface area contributed by atoms with Gasteiger partial charge in [0.25, 0.3) is 5.43 Å². The van der Waals surface area contributed by atoms with Crippen LogP contribution in [-0.4, -0.2) is 90.2 Å². The molecule has 0 bridgehead atoms. The molecule has 3 amide bonds. The van der Waals surface area contributed by atoms with E-state index in [0.29, 0.717) is 41.5 Å². The lowest BCUT2D eigenvalue weighted by atomic mass is 10.0. The highest BCUT2D eigenvalue weighted by molar-refractivity contribution is 8.00. The minimum atomic E-state index is -1.34. The lowest BCUT2D eigenvalue weighted by Crippen LogP contribution is -2.37. The Labute approximate surface area is 270 Å². The topological polar surface area (TPSA) is 177 Å². The zero-order valence-corrected chi connectivity index (χ0v) is 27.3. The van der Waals surface area contributed by atoms with E-state index in [0.717, 1.165) is 62.5 Å². The van der Waals surface area contributed by atoms with Crippen LogP contribution in [-0.2, 0) is 4.79 Å². The Morgan fingerprint density at radius 3 is 2.59 bits per heavy atom. The minimum absolute atomic E-state index is 0.0160. The predicted octanol–water partition coefficient (Wildman–Crippen LogP) is 3.13.